The summed E-state index contributed by atoms with van der Waals surface area (Å²) >= 11 is 0. The summed E-state index contributed by atoms with van der Waals surface area (Å²) in [5.74, 6) is 0. The minimum atomic E-state index is 0.407. The first-order chi connectivity index (χ1) is 6.29. The number of rotatable bonds is 1. The van der Waals surface area contributed by atoms with Gasteiger partial charge in [-0.1, -0.05) is 36.8 Å². The number of allylic oxidation sites excluding steroid dienone is 5. The van der Waals surface area contributed by atoms with Crippen molar-refractivity contribution in [2.75, 3.05) is 0 Å². The van der Waals surface area contributed by atoms with E-state index in [1.54, 1.807) is 0 Å². The maximum Gasteiger partial charge on any atom is 0.0700 e. The summed E-state index contributed by atoms with van der Waals surface area (Å²) in [4.78, 5) is 0. The Morgan fingerprint density at radius 3 is 2.92 bits per heavy atom. The lowest BCUT2D eigenvalue weighted by molar-refractivity contribution is 0.714. The summed E-state index contributed by atoms with van der Waals surface area (Å²) in [5.41, 5.74) is 4.03. The smallest absolute Gasteiger partial charge is 0.0700 e. The van der Waals surface area contributed by atoms with Crippen LogP contribution in [0.5, 0.6) is 0 Å². The third-order valence-electron chi connectivity index (χ3n) is 2.53. The highest BCUT2D eigenvalue weighted by atomic mass is 14.9. The fraction of sp³-hybridized carbons (Fsp3) is 0.333. The van der Waals surface area contributed by atoms with Crippen LogP contribution in [0.15, 0.2) is 47.2 Å². The predicted molar refractivity (Wildman–Crippen MR) is 56.3 cm³/mol. The number of fused-ring (bicyclic) bond motifs is 1. The van der Waals surface area contributed by atoms with Gasteiger partial charge in [0.25, 0.3) is 0 Å². The first-order valence-corrected chi connectivity index (χ1v) is 4.83. The SMILES string of the molecule is CCC1=CC=C2C=CC(C)=CC2N1. The summed E-state index contributed by atoms with van der Waals surface area (Å²) in [6, 6.07) is 0.407. The van der Waals surface area contributed by atoms with E-state index in [1.807, 2.05) is 0 Å². The van der Waals surface area contributed by atoms with Crippen molar-refractivity contribution in [2.45, 2.75) is 26.3 Å². The Balaban J connectivity index is 2.27. The Labute approximate surface area is 79.5 Å². The van der Waals surface area contributed by atoms with E-state index in [1.165, 1.54) is 16.8 Å². The molecule has 0 radical (unpaired) electrons. The average Bonchev–Trinajstić information content (AvgIpc) is 2.16. The van der Waals surface area contributed by atoms with E-state index in [4.69, 9.17) is 0 Å². The second-order valence-electron chi connectivity index (χ2n) is 3.58. The van der Waals surface area contributed by atoms with Crippen LogP contribution in [-0.4, -0.2) is 6.04 Å². The zero-order valence-corrected chi connectivity index (χ0v) is 8.17. The fourth-order valence-corrected chi connectivity index (χ4v) is 1.69. The molecule has 0 bridgehead atoms. The van der Waals surface area contributed by atoms with Gasteiger partial charge < -0.3 is 5.32 Å². The number of hydrogen-bond donors (Lipinski definition) is 1. The molecule has 68 valence electrons. The molecule has 0 aromatic carbocycles. The maximum atomic E-state index is 3.50. The van der Waals surface area contributed by atoms with Crippen LogP contribution in [0.1, 0.15) is 20.3 Å². The molecule has 1 heteroatoms. The molecule has 13 heavy (non-hydrogen) atoms. The van der Waals surface area contributed by atoms with E-state index in [-0.39, 0.29) is 0 Å². The Hall–Kier alpha value is -1.24. The quantitative estimate of drug-likeness (QED) is 0.643. The fourth-order valence-electron chi connectivity index (χ4n) is 1.69. The highest BCUT2D eigenvalue weighted by Crippen LogP contribution is 2.21. The van der Waals surface area contributed by atoms with Gasteiger partial charge >= 0.3 is 0 Å². The molecule has 2 rings (SSSR count). The third-order valence-corrected chi connectivity index (χ3v) is 2.53. The Kier molecular flexibility index (Phi) is 2.09. The molecule has 0 amide bonds. The Morgan fingerprint density at radius 2 is 2.15 bits per heavy atom. The molecular weight excluding hydrogens is 158 g/mol. The molecular formula is C12H15N. The molecule has 1 heterocycles. The second kappa shape index (κ2) is 3.25. The lowest BCUT2D eigenvalue weighted by Crippen LogP contribution is -2.31. The van der Waals surface area contributed by atoms with E-state index < -0.39 is 0 Å². The minimum Gasteiger partial charge on any atom is -0.378 e. The van der Waals surface area contributed by atoms with Crippen LogP contribution in [0.25, 0.3) is 0 Å². The van der Waals surface area contributed by atoms with Gasteiger partial charge in [0, 0.05) is 5.70 Å². The van der Waals surface area contributed by atoms with Crippen LogP contribution in [0, 0.1) is 0 Å². The Bertz CT molecular complexity index is 329. The van der Waals surface area contributed by atoms with Gasteiger partial charge in [-0.15, -0.1) is 0 Å². The van der Waals surface area contributed by atoms with E-state index in [0.29, 0.717) is 6.04 Å². The zero-order valence-electron chi connectivity index (χ0n) is 8.17. The van der Waals surface area contributed by atoms with Gasteiger partial charge in [-0.2, -0.15) is 0 Å². The van der Waals surface area contributed by atoms with Gasteiger partial charge in [0.15, 0.2) is 0 Å². The van der Waals surface area contributed by atoms with Crippen LogP contribution in [0.3, 0.4) is 0 Å². The number of dihydropyridines is 1. The standard InChI is InChI=1S/C12H15N/c1-3-11-7-6-10-5-4-9(2)8-12(10)13-11/h4-8,12-13H,3H2,1-2H3. The van der Waals surface area contributed by atoms with E-state index in [2.05, 4.69) is 49.5 Å². The first-order valence-electron chi connectivity index (χ1n) is 4.83. The van der Waals surface area contributed by atoms with Crippen LogP contribution < -0.4 is 5.32 Å². The highest BCUT2D eigenvalue weighted by molar-refractivity contribution is 5.45. The van der Waals surface area contributed by atoms with E-state index in [0.717, 1.165) is 6.42 Å². The largest absolute Gasteiger partial charge is 0.378 e. The predicted octanol–water partition coefficient (Wildman–Crippen LogP) is 2.69. The Morgan fingerprint density at radius 1 is 1.31 bits per heavy atom. The summed E-state index contributed by atoms with van der Waals surface area (Å²) in [6.45, 7) is 4.31. The molecule has 1 N–H and O–H groups in total. The van der Waals surface area contributed by atoms with Gasteiger partial charge in [0.2, 0.25) is 0 Å². The van der Waals surface area contributed by atoms with Gasteiger partial charge in [0.05, 0.1) is 6.04 Å². The summed E-state index contributed by atoms with van der Waals surface area (Å²) in [6.07, 6.45) is 12.1. The summed E-state index contributed by atoms with van der Waals surface area (Å²) in [7, 11) is 0. The van der Waals surface area contributed by atoms with Crippen molar-refractivity contribution < 1.29 is 0 Å². The van der Waals surface area contributed by atoms with Gasteiger partial charge in [-0.05, 0) is 25.0 Å². The zero-order chi connectivity index (χ0) is 9.26. The molecule has 1 unspecified atom stereocenters. The van der Waals surface area contributed by atoms with E-state index >= 15 is 0 Å². The molecule has 1 aliphatic heterocycles. The van der Waals surface area contributed by atoms with Crippen molar-refractivity contribution in [1.82, 2.24) is 5.32 Å². The number of nitrogens with one attached hydrogen (secondary N) is 1. The molecule has 1 nitrogen and oxygen atoms in total. The first kappa shape index (κ1) is 8.36. The van der Waals surface area contributed by atoms with Crippen molar-refractivity contribution >= 4 is 0 Å². The molecule has 1 aliphatic carbocycles. The van der Waals surface area contributed by atoms with Crippen LogP contribution in [-0.2, 0) is 0 Å². The second-order valence-corrected chi connectivity index (χ2v) is 3.58. The molecule has 0 saturated carbocycles. The molecule has 0 saturated heterocycles. The molecule has 0 aromatic heterocycles. The third kappa shape index (κ3) is 1.59. The van der Waals surface area contributed by atoms with Crippen LogP contribution >= 0.6 is 0 Å². The maximum absolute atomic E-state index is 3.50. The molecule has 0 aromatic rings. The van der Waals surface area contributed by atoms with Gasteiger partial charge in [-0.25, -0.2) is 0 Å². The molecule has 2 aliphatic rings. The molecule has 0 fully saturated rings. The van der Waals surface area contributed by atoms with Gasteiger partial charge in [-0.3, -0.25) is 0 Å². The van der Waals surface area contributed by atoms with Crippen molar-refractivity contribution in [3.63, 3.8) is 0 Å². The van der Waals surface area contributed by atoms with E-state index in [9.17, 15) is 0 Å². The normalized spacial score (nSPS) is 25.4. The average molecular weight is 173 g/mol. The van der Waals surface area contributed by atoms with Crippen LogP contribution in [0.4, 0.5) is 0 Å². The van der Waals surface area contributed by atoms with Crippen molar-refractivity contribution in [3.8, 4) is 0 Å². The van der Waals surface area contributed by atoms with Gasteiger partial charge in [0.1, 0.15) is 0 Å². The summed E-state index contributed by atoms with van der Waals surface area (Å²) < 4.78 is 0. The van der Waals surface area contributed by atoms with Crippen molar-refractivity contribution in [2.24, 2.45) is 0 Å². The molecule has 0 spiro atoms. The highest BCUT2D eigenvalue weighted by Gasteiger charge is 2.15. The monoisotopic (exact) mass is 173 g/mol. The van der Waals surface area contributed by atoms with Crippen molar-refractivity contribution in [1.29, 1.82) is 0 Å². The molecule has 1 atom stereocenters. The van der Waals surface area contributed by atoms with Crippen molar-refractivity contribution in [3.05, 3.63) is 47.2 Å². The minimum absolute atomic E-state index is 0.407. The topological polar surface area (TPSA) is 12.0 Å². The summed E-state index contributed by atoms with van der Waals surface area (Å²) in [5, 5.41) is 3.50. The lowest BCUT2D eigenvalue weighted by atomic mass is 9.95. The number of hydrogen-bond acceptors (Lipinski definition) is 1. The lowest BCUT2D eigenvalue weighted by Gasteiger charge is -2.25. The van der Waals surface area contributed by atoms with Crippen LogP contribution in [0.2, 0.25) is 0 Å².